The molecule has 0 aliphatic heterocycles. The van der Waals surface area contributed by atoms with Crippen molar-refractivity contribution in [2.45, 2.75) is 31.2 Å². The summed E-state index contributed by atoms with van der Waals surface area (Å²) in [6, 6.07) is 18.3. The van der Waals surface area contributed by atoms with Crippen LogP contribution in [0.2, 0.25) is 0 Å². The quantitative estimate of drug-likeness (QED) is 0.703. The summed E-state index contributed by atoms with van der Waals surface area (Å²) in [5, 5.41) is 0. The Kier molecular flexibility index (Phi) is 5.04. The Bertz CT molecular complexity index is 1080. The van der Waals surface area contributed by atoms with Gasteiger partial charge >= 0.3 is 0 Å². The molecule has 2 aromatic carbocycles. The topological polar surface area (TPSA) is 85.1 Å². The van der Waals surface area contributed by atoms with E-state index in [1.54, 1.807) is 30.5 Å². The first kappa shape index (κ1) is 19.1. The first-order valence-corrected chi connectivity index (χ1v) is 10.1. The molecule has 27 heavy (non-hydrogen) atoms. The number of benzene rings is 2. The smallest absolute Gasteiger partial charge is 0.241 e. The minimum Gasteiger partial charge on any atom is -0.384 e. The zero-order valence-electron chi connectivity index (χ0n) is 15.6. The maximum Gasteiger partial charge on any atom is 0.241 e. The second-order valence-electron chi connectivity index (χ2n) is 7.10. The molecule has 140 valence electrons. The third-order valence-corrected chi connectivity index (χ3v) is 6.04. The summed E-state index contributed by atoms with van der Waals surface area (Å²) >= 11 is 0. The fourth-order valence-electron chi connectivity index (χ4n) is 2.95. The molecular formula is C21H23N3O2S. The number of aromatic nitrogens is 1. The van der Waals surface area contributed by atoms with E-state index in [2.05, 4.69) is 9.71 Å². The van der Waals surface area contributed by atoms with E-state index in [-0.39, 0.29) is 4.90 Å². The Balaban J connectivity index is 1.94. The van der Waals surface area contributed by atoms with Gasteiger partial charge in [-0.05, 0) is 73.4 Å². The molecule has 0 amide bonds. The molecule has 3 aromatic rings. The average molecular weight is 382 g/mol. The highest BCUT2D eigenvalue weighted by Crippen LogP contribution is 2.28. The molecule has 0 aliphatic rings. The molecule has 0 spiro atoms. The van der Waals surface area contributed by atoms with Crippen LogP contribution in [0.1, 0.15) is 25.0 Å². The summed E-state index contributed by atoms with van der Waals surface area (Å²) in [4.78, 5) is 4.27. The second-order valence-corrected chi connectivity index (χ2v) is 8.78. The van der Waals surface area contributed by atoms with E-state index in [1.165, 1.54) is 0 Å². The van der Waals surface area contributed by atoms with Gasteiger partial charge in [0.05, 0.1) is 10.4 Å². The summed E-state index contributed by atoms with van der Waals surface area (Å²) in [5.74, 6) is 0.442. The largest absolute Gasteiger partial charge is 0.384 e. The molecule has 6 heteroatoms. The third kappa shape index (κ3) is 4.35. The van der Waals surface area contributed by atoms with Crippen molar-refractivity contribution in [3.63, 3.8) is 0 Å². The van der Waals surface area contributed by atoms with E-state index in [4.69, 9.17) is 5.73 Å². The van der Waals surface area contributed by atoms with E-state index >= 15 is 0 Å². The lowest BCUT2D eigenvalue weighted by atomic mass is 9.92. The molecular weight excluding hydrogens is 358 g/mol. The number of anilines is 1. The van der Waals surface area contributed by atoms with Crippen LogP contribution in [-0.4, -0.2) is 13.4 Å². The lowest BCUT2D eigenvalue weighted by Crippen LogP contribution is -2.40. The van der Waals surface area contributed by atoms with Gasteiger partial charge in [0.1, 0.15) is 5.82 Å². The van der Waals surface area contributed by atoms with E-state index in [9.17, 15) is 8.42 Å². The van der Waals surface area contributed by atoms with Crippen LogP contribution in [0.25, 0.3) is 11.1 Å². The molecule has 0 unspecified atom stereocenters. The van der Waals surface area contributed by atoms with Crippen LogP contribution < -0.4 is 10.5 Å². The Morgan fingerprint density at radius 1 is 0.963 bits per heavy atom. The second kappa shape index (κ2) is 7.13. The normalized spacial score (nSPS) is 12.1. The predicted octanol–water partition coefficient (Wildman–Crippen LogP) is 3.85. The molecule has 1 heterocycles. The Morgan fingerprint density at radius 3 is 2.37 bits per heavy atom. The van der Waals surface area contributed by atoms with Gasteiger partial charge in [0.2, 0.25) is 10.0 Å². The summed E-state index contributed by atoms with van der Waals surface area (Å²) in [6.07, 6.45) is 1.66. The summed E-state index contributed by atoms with van der Waals surface area (Å²) in [7, 11) is -3.65. The maximum atomic E-state index is 12.8. The van der Waals surface area contributed by atoms with Crippen LogP contribution in [0.3, 0.4) is 0 Å². The van der Waals surface area contributed by atoms with E-state index in [0.29, 0.717) is 5.82 Å². The monoisotopic (exact) mass is 381 g/mol. The summed E-state index contributed by atoms with van der Waals surface area (Å²) in [5.41, 5.74) is 8.61. The highest BCUT2D eigenvalue weighted by Gasteiger charge is 2.28. The first-order chi connectivity index (χ1) is 12.7. The van der Waals surface area contributed by atoms with Crippen molar-refractivity contribution >= 4 is 15.8 Å². The highest BCUT2D eigenvalue weighted by molar-refractivity contribution is 7.89. The molecule has 0 atom stereocenters. The van der Waals surface area contributed by atoms with Crippen LogP contribution in [0.5, 0.6) is 0 Å². The predicted molar refractivity (Wildman–Crippen MR) is 109 cm³/mol. The molecule has 0 radical (unpaired) electrons. The van der Waals surface area contributed by atoms with Crippen molar-refractivity contribution < 1.29 is 8.42 Å². The molecule has 3 rings (SSSR count). The molecule has 0 saturated heterocycles. The fraction of sp³-hybridized carbons (Fsp3) is 0.190. The van der Waals surface area contributed by atoms with Crippen LogP contribution >= 0.6 is 0 Å². The van der Waals surface area contributed by atoms with Crippen LogP contribution in [0.4, 0.5) is 5.82 Å². The molecule has 0 fully saturated rings. The van der Waals surface area contributed by atoms with Gasteiger partial charge in [-0.2, -0.15) is 0 Å². The molecule has 1 aromatic heterocycles. The first-order valence-electron chi connectivity index (χ1n) is 8.60. The number of nitrogens with zero attached hydrogens (tertiary/aromatic N) is 1. The molecule has 0 saturated carbocycles. The van der Waals surface area contributed by atoms with Crippen molar-refractivity contribution in [1.29, 1.82) is 0 Å². The zero-order valence-corrected chi connectivity index (χ0v) is 16.4. The van der Waals surface area contributed by atoms with Gasteiger partial charge < -0.3 is 5.73 Å². The van der Waals surface area contributed by atoms with E-state index in [0.717, 1.165) is 22.3 Å². The van der Waals surface area contributed by atoms with Gasteiger partial charge in [-0.1, -0.05) is 30.3 Å². The number of hydrogen-bond acceptors (Lipinski definition) is 4. The molecule has 3 N–H and O–H groups in total. The zero-order chi connectivity index (χ0) is 19.7. The Labute approximate surface area is 160 Å². The molecule has 5 nitrogen and oxygen atoms in total. The third-order valence-electron chi connectivity index (χ3n) is 4.39. The number of rotatable bonds is 5. The van der Waals surface area contributed by atoms with Gasteiger partial charge in [-0.15, -0.1) is 0 Å². The molecule has 0 aliphatic carbocycles. The van der Waals surface area contributed by atoms with Gasteiger partial charge in [0, 0.05) is 6.20 Å². The number of nitrogens with one attached hydrogen (secondary N) is 1. The van der Waals surface area contributed by atoms with Crippen LogP contribution in [0.15, 0.2) is 71.8 Å². The van der Waals surface area contributed by atoms with Crippen molar-refractivity contribution in [3.8, 4) is 11.1 Å². The Hall–Kier alpha value is -2.70. The van der Waals surface area contributed by atoms with Gasteiger partial charge in [0.15, 0.2) is 0 Å². The number of aryl methyl sites for hydroxylation is 1. The van der Waals surface area contributed by atoms with Gasteiger partial charge in [-0.25, -0.2) is 18.1 Å². The van der Waals surface area contributed by atoms with E-state index < -0.39 is 15.6 Å². The standard InChI is InChI=1S/C21H23N3O2S/c1-15-6-4-9-19(12-15)27(25,26)24-21(2,3)18-8-5-7-16(13-18)17-10-11-23-20(22)14-17/h4-14,24H,1-3H3,(H2,22,23). The highest BCUT2D eigenvalue weighted by atomic mass is 32.2. The number of nitrogens with two attached hydrogens (primary N) is 1. The fourth-order valence-corrected chi connectivity index (χ4v) is 4.46. The average Bonchev–Trinajstić information content (AvgIpc) is 2.61. The van der Waals surface area contributed by atoms with Crippen molar-refractivity contribution in [1.82, 2.24) is 9.71 Å². The minimum atomic E-state index is -3.65. The maximum absolute atomic E-state index is 12.8. The number of hydrogen-bond donors (Lipinski definition) is 2. The number of pyridine rings is 1. The van der Waals surface area contributed by atoms with E-state index in [1.807, 2.05) is 57.2 Å². The van der Waals surface area contributed by atoms with Crippen molar-refractivity contribution in [2.24, 2.45) is 0 Å². The minimum absolute atomic E-state index is 0.258. The van der Waals surface area contributed by atoms with Crippen LogP contribution in [0, 0.1) is 6.92 Å². The number of sulfonamides is 1. The van der Waals surface area contributed by atoms with Crippen LogP contribution in [-0.2, 0) is 15.6 Å². The van der Waals surface area contributed by atoms with Gasteiger partial charge in [0.25, 0.3) is 0 Å². The Morgan fingerprint density at radius 2 is 1.67 bits per heavy atom. The SMILES string of the molecule is Cc1cccc(S(=O)(=O)NC(C)(C)c2cccc(-c3ccnc(N)c3)c2)c1. The molecule has 0 bridgehead atoms. The van der Waals surface area contributed by atoms with Crippen molar-refractivity contribution in [3.05, 3.63) is 78.0 Å². The summed E-state index contributed by atoms with van der Waals surface area (Å²) in [6.45, 7) is 5.56. The summed E-state index contributed by atoms with van der Waals surface area (Å²) < 4.78 is 28.5. The van der Waals surface area contributed by atoms with Gasteiger partial charge in [-0.3, -0.25) is 0 Å². The lowest BCUT2D eigenvalue weighted by molar-refractivity contribution is 0.472. The number of nitrogen functional groups attached to an aromatic ring is 1. The lowest BCUT2D eigenvalue weighted by Gasteiger charge is -2.27. The van der Waals surface area contributed by atoms with Crippen molar-refractivity contribution in [2.75, 3.05) is 5.73 Å².